The van der Waals surface area contributed by atoms with Crippen molar-refractivity contribution in [2.75, 3.05) is 16.5 Å². The Morgan fingerprint density at radius 2 is 1.79 bits per heavy atom. The van der Waals surface area contributed by atoms with Crippen LogP contribution in [0.4, 0.5) is 11.4 Å². The molecule has 1 aliphatic rings. The maximum Gasteiger partial charge on any atom is 0.266 e. The molecule has 0 bridgehead atoms. The fourth-order valence-electron chi connectivity index (χ4n) is 3.61. The first-order valence-electron chi connectivity index (χ1n) is 10.0. The molecule has 0 saturated carbocycles. The van der Waals surface area contributed by atoms with Crippen molar-refractivity contribution in [3.63, 3.8) is 0 Å². The number of aromatic nitrogens is 2. The Morgan fingerprint density at radius 3 is 2.36 bits per heavy atom. The van der Waals surface area contributed by atoms with Crippen LogP contribution in [0.2, 0.25) is 5.02 Å². The van der Waals surface area contributed by atoms with E-state index in [2.05, 4.69) is 15.3 Å². The average molecular weight is 483 g/mol. The Labute approximate surface area is 198 Å². The number of carbonyl (C=O) groups is 3. The van der Waals surface area contributed by atoms with E-state index in [1.54, 1.807) is 37.3 Å². The van der Waals surface area contributed by atoms with E-state index in [1.807, 2.05) is 6.26 Å². The molecule has 4 rings (SSSR count). The normalized spacial score (nSPS) is 12.8. The van der Waals surface area contributed by atoms with Crippen LogP contribution in [-0.4, -0.2) is 33.9 Å². The van der Waals surface area contributed by atoms with Gasteiger partial charge in [-0.15, -0.1) is 0 Å². The number of aryl methyl sites for hydroxylation is 1. The number of hydrogen-bond acceptors (Lipinski definition) is 6. The van der Waals surface area contributed by atoms with E-state index in [9.17, 15) is 19.2 Å². The molecule has 33 heavy (non-hydrogen) atoms. The third-order valence-electron chi connectivity index (χ3n) is 5.26. The van der Waals surface area contributed by atoms with E-state index in [0.29, 0.717) is 33.2 Å². The smallest absolute Gasteiger partial charge is 0.266 e. The molecular weight excluding hydrogens is 464 g/mol. The molecular formula is C23H19ClN4O4S. The second kappa shape index (κ2) is 9.21. The number of rotatable bonds is 6. The van der Waals surface area contributed by atoms with Crippen LogP contribution in [0.25, 0.3) is 0 Å². The Balaban J connectivity index is 1.45. The monoisotopic (exact) mass is 482 g/mol. The van der Waals surface area contributed by atoms with Gasteiger partial charge < -0.3 is 10.3 Å². The number of fused-ring (bicyclic) bond motifs is 1. The van der Waals surface area contributed by atoms with Gasteiger partial charge in [0.15, 0.2) is 5.16 Å². The summed E-state index contributed by atoms with van der Waals surface area (Å²) in [5.74, 6) is -1.21. The highest BCUT2D eigenvalue weighted by Crippen LogP contribution is 2.34. The number of imide groups is 1. The zero-order chi connectivity index (χ0) is 23.7. The molecule has 0 unspecified atom stereocenters. The molecule has 0 aliphatic carbocycles. The van der Waals surface area contributed by atoms with Gasteiger partial charge in [-0.2, -0.15) is 0 Å². The summed E-state index contributed by atoms with van der Waals surface area (Å²) in [6, 6.07) is 11.1. The SMILES string of the molecule is CSc1nc(C)c(CCC(=O)Nc2ccc(N3C(=O)c4ccccc4C3=O)c(Cl)c2)c(=O)[nH]1. The summed E-state index contributed by atoms with van der Waals surface area (Å²) in [5.41, 5.74) is 2.08. The maximum absolute atomic E-state index is 12.7. The number of aromatic amines is 1. The van der Waals surface area contributed by atoms with Crippen LogP contribution < -0.4 is 15.8 Å². The van der Waals surface area contributed by atoms with E-state index in [0.717, 1.165) is 4.90 Å². The zero-order valence-corrected chi connectivity index (χ0v) is 19.3. The van der Waals surface area contributed by atoms with Crippen molar-refractivity contribution >= 4 is 52.5 Å². The predicted molar refractivity (Wildman–Crippen MR) is 127 cm³/mol. The van der Waals surface area contributed by atoms with E-state index >= 15 is 0 Å². The number of H-pyrrole nitrogens is 1. The van der Waals surface area contributed by atoms with Gasteiger partial charge in [0.25, 0.3) is 17.4 Å². The molecule has 2 aromatic carbocycles. The number of nitrogens with one attached hydrogen (secondary N) is 2. The topological polar surface area (TPSA) is 112 Å². The first-order chi connectivity index (χ1) is 15.8. The molecule has 10 heteroatoms. The van der Waals surface area contributed by atoms with Gasteiger partial charge >= 0.3 is 0 Å². The Hall–Kier alpha value is -3.43. The predicted octanol–water partition coefficient (Wildman–Crippen LogP) is 3.83. The van der Waals surface area contributed by atoms with Crippen molar-refractivity contribution in [3.05, 3.63) is 80.2 Å². The van der Waals surface area contributed by atoms with E-state index in [1.165, 1.54) is 23.9 Å². The Kier molecular flexibility index (Phi) is 6.35. The molecule has 0 radical (unpaired) electrons. The minimum Gasteiger partial charge on any atom is -0.326 e. The van der Waals surface area contributed by atoms with E-state index in [4.69, 9.17) is 11.6 Å². The minimum absolute atomic E-state index is 0.0714. The van der Waals surface area contributed by atoms with Gasteiger partial charge in [-0.1, -0.05) is 35.5 Å². The minimum atomic E-state index is -0.448. The summed E-state index contributed by atoms with van der Waals surface area (Å²) in [7, 11) is 0. The number of benzene rings is 2. The lowest BCUT2D eigenvalue weighted by Crippen LogP contribution is -2.29. The molecule has 0 atom stereocenters. The van der Waals surface area contributed by atoms with Crippen LogP contribution >= 0.6 is 23.4 Å². The van der Waals surface area contributed by atoms with E-state index in [-0.39, 0.29) is 35.0 Å². The number of thioether (sulfide) groups is 1. The molecule has 2 N–H and O–H groups in total. The van der Waals surface area contributed by atoms with Crippen LogP contribution in [0.5, 0.6) is 0 Å². The Bertz CT molecular complexity index is 1320. The Morgan fingerprint density at radius 1 is 1.12 bits per heavy atom. The van der Waals surface area contributed by atoms with Gasteiger partial charge in [-0.25, -0.2) is 9.88 Å². The van der Waals surface area contributed by atoms with Crippen molar-refractivity contribution in [3.8, 4) is 0 Å². The molecule has 1 aromatic heterocycles. The summed E-state index contributed by atoms with van der Waals surface area (Å²) in [6.45, 7) is 1.74. The third kappa shape index (κ3) is 4.42. The van der Waals surface area contributed by atoms with Crippen LogP contribution in [0, 0.1) is 6.92 Å². The first-order valence-corrected chi connectivity index (χ1v) is 11.6. The van der Waals surface area contributed by atoms with Crippen molar-refractivity contribution in [2.45, 2.75) is 24.9 Å². The van der Waals surface area contributed by atoms with Gasteiger partial charge in [0.1, 0.15) is 0 Å². The number of hydrogen-bond donors (Lipinski definition) is 2. The number of carbonyl (C=O) groups excluding carboxylic acids is 3. The molecule has 2 heterocycles. The lowest BCUT2D eigenvalue weighted by atomic mass is 10.1. The van der Waals surface area contributed by atoms with Gasteiger partial charge in [0.2, 0.25) is 5.91 Å². The van der Waals surface area contributed by atoms with Crippen LogP contribution in [0.1, 0.15) is 38.4 Å². The van der Waals surface area contributed by atoms with Crippen molar-refractivity contribution in [2.24, 2.45) is 0 Å². The van der Waals surface area contributed by atoms with E-state index < -0.39 is 11.8 Å². The van der Waals surface area contributed by atoms with Gasteiger partial charge in [-0.3, -0.25) is 19.2 Å². The van der Waals surface area contributed by atoms with Crippen molar-refractivity contribution < 1.29 is 14.4 Å². The summed E-state index contributed by atoms with van der Waals surface area (Å²) < 4.78 is 0. The largest absolute Gasteiger partial charge is 0.326 e. The third-order valence-corrected chi connectivity index (χ3v) is 6.15. The van der Waals surface area contributed by atoms with Crippen molar-refractivity contribution in [1.82, 2.24) is 9.97 Å². The van der Waals surface area contributed by atoms with Crippen molar-refractivity contribution in [1.29, 1.82) is 0 Å². The molecule has 168 valence electrons. The molecule has 3 amide bonds. The first kappa shape index (κ1) is 22.8. The van der Waals surface area contributed by atoms with Crippen LogP contribution in [-0.2, 0) is 11.2 Å². The van der Waals surface area contributed by atoms with Gasteiger partial charge in [0, 0.05) is 23.4 Å². The highest BCUT2D eigenvalue weighted by atomic mass is 35.5. The summed E-state index contributed by atoms with van der Waals surface area (Å²) in [6.07, 6.45) is 2.12. The summed E-state index contributed by atoms with van der Waals surface area (Å²) >= 11 is 7.69. The summed E-state index contributed by atoms with van der Waals surface area (Å²) in [4.78, 5) is 58.0. The molecule has 0 saturated heterocycles. The quantitative estimate of drug-likeness (QED) is 0.314. The number of anilines is 2. The standard InChI is InChI=1S/C23H19ClN4O4S/c1-12-14(20(30)27-23(25-12)33-2)8-10-19(29)26-13-7-9-18(17(24)11-13)28-21(31)15-5-3-4-6-16(15)22(28)32/h3-7,9,11H,8,10H2,1-2H3,(H,26,29)(H,25,27,30). The number of halogens is 1. The highest BCUT2D eigenvalue weighted by molar-refractivity contribution is 7.98. The molecule has 0 spiro atoms. The molecule has 1 aliphatic heterocycles. The summed E-state index contributed by atoms with van der Waals surface area (Å²) in [5, 5.41) is 3.39. The molecule has 0 fully saturated rings. The fourth-order valence-corrected chi connectivity index (χ4v) is 4.30. The number of nitrogens with zero attached hydrogens (tertiary/aromatic N) is 2. The van der Waals surface area contributed by atoms with Crippen LogP contribution in [0.3, 0.4) is 0 Å². The second-order valence-corrected chi connectivity index (χ2v) is 8.55. The van der Waals surface area contributed by atoms with Gasteiger partial charge in [0.05, 0.1) is 21.8 Å². The lowest BCUT2D eigenvalue weighted by Gasteiger charge is -2.16. The maximum atomic E-state index is 12.7. The van der Waals surface area contributed by atoms with Crippen LogP contribution in [0.15, 0.2) is 52.4 Å². The lowest BCUT2D eigenvalue weighted by molar-refractivity contribution is -0.116. The fraction of sp³-hybridized carbons (Fsp3) is 0.174. The zero-order valence-electron chi connectivity index (χ0n) is 17.8. The molecule has 3 aromatic rings. The van der Waals surface area contributed by atoms with Gasteiger partial charge in [-0.05, 0) is 49.9 Å². The second-order valence-electron chi connectivity index (χ2n) is 7.34. The molecule has 8 nitrogen and oxygen atoms in total. The average Bonchev–Trinajstić information content (AvgIpc) is 3.03. The highest BCUT2D eigenvalue weighted by Gasteiger charge is 2.37. The number of amides is 3.